The monoisotopic (exact) mass is 448 g/mol. The molecule has 0 fully saturated rings. The Morgan fingerprint density at radius 2 is 2.03 bits per heavy atom. The molecule has 8 nitrogen and oxygen atoms in total. The zero-order valence-electron chi connectivity index (χ0n) is 17.9. The molecule has 0 aliphatic carbocycles. The molecule has 3 N–H and O–H groups in total. The number of ether oxygens (including phenoxy) is 1. The molecule has 1 aromatic heterocycles. The minimum Gasteiger partial charge on any atom is -0.548 e. The summed E-state index contributed by atoms with van der Waals surface area (Å²) >= 11 is 0. The fourth-order valence-corrected chi connectivity index (χ4v) is 2.93. The van der Waals surface area contributed by atoms with Gasteiger partial charge < -0.3 is 24.9 Å². The summed E-state index contributed by atoms with van der Waals surface area (Å²) in [4.78, 5) is 14.2. The van der Waals surface area contributed by atoms with E-state index in [-0.39, 0.29) is 66.3 Å². The number of benzene rings is 2. The van der Waals surface area contributed by atoms with E-state index < -0.39 is 12.6 Å². The summed E-state index contributed by atoms with van der Waals surface area (Å²) in [6, 6.07) is 16.1. The fourth-order valence-electron chi connectivity index (χ4n) is 2.93. The van der Waals surface area contributed by atoms with Crippen molar-refractivity contribution in [3.63, 3.8) is 0 Å². The third-order valence-electron chi connectivity index (χ3n) is 4.54. The second-order valence-corrected chi connectivity index (χ2v) is 6.76. The number of hydrogen-bond acceptors (Lipinski definition) is 6. The number of guanidine groups is 1. The van der Waals surface area contributed by atoms with E-state index in [0.29, 0.717) is 11.3 Å². The van der Waals surface area contributed by atoms with Crippen LogP contribution < -0.4 is 45.7 Å². The SMILES string of the molecule is CC(c1ccc(-c2ccccc2)c(F)c1)c1cc(NC(N)=NCCOCC(=O)[O-])on1.[Na+]. The number of anilines is 1. The van der Waals surface area contributed by atoms with Crippen LogP contribution in [0.1, 0.15) is 24.1 Å². The van der Waals surface area contributed by atoms with Crippen molar-refractivity contribution in [1.29, 1.82) is 0 Å². The predicted molar refractivity (Wildman–Crippen MR) is 112 cm³/mol. The number of nitrogens with zero attached hydrogens (tertiary/aromatic N) is 2. The molecule has 0 radical (unpaired) electrons. The molecule has 1 atom stereocenters. The van der Waals surface area contributed by atoms with Gasteiger partial charge in [-0.1, -0.05) is 54.5 Å². The normalized spacial score (nSPS) is 12.1. The molecule has 162 valence electrons. The van der Waals surface area contributed by atoms with Gasteiger partial charge in [0.25, 0.3) is 0 Å². The molecule has 1 heterocycles. The van der Waals surface area contributed by atoms with Crippen molar-refractivity contribution in [1.82, 2.24) is 5.16 Å². The number of carboxylic acids is 1. The number of carbonyl (C=O) groups excluding carboxylic acids is 1. The molecular weight excluding hydrogens is 426 g/mol. The second kappa shape index (κ2) is 12.4. The fraction of sp³-hybridized carbons (Fsp3) is 0.227. The summed E-state index contributed by atoms with van der Waals surface area (Å²) < 4.78 is 24.7. The smallest absolute Gasteiger partial charge is 0.548 e. The number of rotatable bonds is 9. The van der Waals surface area contributed by atoms with Crippen LogP contribution in [0.5, 0.6) is 0 Å². The van der Waals surface area contributed by atoms with Crippen molar-refractivity contribution < 1.29 is 53.1 Å². The van der Waals surface area contributed by atoms with Crippen molar-refractivity contribution >= 4 is 17.8 Å². The molecule has 0 saturated heterocycles. The van der Waals surface area contributed by atoms with Crippen molar-refractivity contribution in [2.24, 2.45) is 10.7 Å². The largest absolute Gasteiger partial charge is 1.00 e. The minimum absolute atomic E-state index is 0. The quantitative estimate of drug-likeness (QED) is 0.189. The van der Waals surface area contributed by atoms with Crippen LogP contribution in [0.4, 0.5) is 10.3 Å². The Morgan fingerprint density at radius 1 is 1.28 bits per heavy atom. The number of hydrogen-bond donors (Lipinski definition) is 2. The third-order valence-corrected chi connectivity index (χ3v) is 4.54. The number of nitrogens with two attached hydrogens (primary N) is 1. The molecule has 1 unspecified atom stereocenters. The molecule has 32 heavy (non-hydrogen) atoms. The van der Waals surface area contributed by atoms with E-state index in [2.05, 4.69) is 15.5 Å². The molecule has 0 aliphatic heterocycles. The molecule has 0 amide bonds. The molecule has 3 aromatic rings. The van der Waals surface area contributed by atoms with Gasteiger partial charge in [-0.15, -0.1) is 0 Å². The molecule has 0 saturated carbocycles. The van der Waals surface area contributed by atoms with Gasteiger partial charge in [-0.05, 0) is 17.2 Å². The summed E-state index contributed by atoms with van der Waals surface area (Å²) in [5, 5.41) is 17.0. The maximum atomic E-state index is 14.7. The van der Waals surface area contributed by atoms with Gasteiger partial charge in [0, 0.05) is 17.5 Å². The molecule has 0 bridgehead atoms. The van der Waals surface area contributed by atoms with Gasteiger partial charge in [0.15, 0.2) is 5.96 Å². The van der Waals surface area contributed by atoms with Crippen LogP contribution in [-0.4, -0.2) is 36.8 Å². The summed E-state index contributed by atoms with van der Waals surface area (Å²) in [5.74, 6) is -1.48. The number of nitrogens with one attached hydrogen (secondary N) is 1. The van der Waals surface area contributed by atoms with E-state index in [4.69, 9.17) is 15.0 Å². The first-order valence-corrected chi connectivity index (χ1v) is 9.60. The van der Waals surface area contributed by atoms with E-state index in [1.165, 1.54) is 6.07 Å². The van der Waals surface area contributed by atoms with E-state index in [9.17, 15) is 14.3 Å². The molecule has 2 aromatic carbocycles. The maximum Gasteiger partial charge on any atom is 1.00 e. The number of carbonyl (C=O) groups is 1. The number of carboxylic acid groups (broad SMARTS) is 1. The summed E-state index contributed by atoms with van der Waals surface area (Å²) in [5.41, 5.74) is 8.45. The van der Waals surface area contributed by atoms with Crippen LogP contribution in [0.3, 0.4) is 0 Å². The summed E-state index contributed by atoms with van der Waals surface area (Å²) in [6.45, 7) is 1.64. The predicted octanol–water partition coefficient (Wildman–Crippen LogP) is -0.870. The van der Waals surface area contributed by atoms with Crippen LogP contribution in [0, 0.1) is 5.82 Å². The third kappa shape index (κ3) is 7.16. The van der Waals surface area contributed by atoms with Crippen LogP contribution >= 0.6 is 0 Å². The first-order valence-electron chi connectivity index (χ1n) is 9.60. The van der Waals surface area contributed by atoms with Crippen LogP contribution in [0.15, 0.2) is 64.1 Å². The van der Waals surface area contributed by atoms with Gasteiger partial charge in [0.05, 0.1) is 31.4 Å². The van der Waals surface area contributed by atoms with Crippen molar-refractivity contribution in [2.75, 3.05) is 25.1 Å². The standard InChI is InChI=1S/C22H23FN4O4.Na/c1-14(16-7-8-17(18(23)11-16)15-5-3-2-4-6-15)19-12-20(31-27-19)26-22(24)25-9-10-30-13-21(28)29;/h2-8,11-12,14H,9-10,13H2,1H3,(H,28,29)(H3,24,25,26);/q;+1/p-1. The Kier molecular flexibility index (Phi) is 9.86. The summed E-state index contributed by atoms with van der Waals surface area (Å²) in [7, 11) is 0. The van der Waals surface area contributed by atoms with E-state index in [1.807, 2.05) is 43.3 Å². The van der Waals surface area contributed by atoms with Crippen LogP contribution in [0.2, 0.25) is 0 Å². The topological polar surface area (TPSA) is 126 Å². The zero-order valence-corrected chi connectivity index (χ0v) is 19.9. The van der Waals surface area contributed by atoms with E-state index in [0.717, 1.165) is 11.1 Å². The molecular formula is C22H22FN4NaO4. The number of aromatic nitrogens is 1. The van der Waals surface area contributed by atoms with E-state index in [1.54, 1.807) is 12.1 Å². The molecule has 0 spiro atoms. The Morgan fingerprint density at radius 3 is 2.72 bits per heavy atom. The maximum absolute atomic E-state index is 14.7. The van der Waals surface area contributed by atoms with Gasteiger partial charge in [-0.2, -0.15) is 0 Å². The van der Waals surface area contributed by atoms with Gasteiger partial charge in [-0.25, -0.2) is 4.39 Å². The first-order chi connectivity index (χ1) is 14.9. The zero-order chi connectivity index (χ0) is 22.2. The first kappa shape index (κ1) is 25.5. The average Bonchev–Trinajstić information content (AvgIpc) is 3.21. The Hall–Kier alpha value is -2.72. The van der Waals surface area contributed by atoms with Crippen molar-refractivity contribution in [3.8, 4) is 11.1 Å². The minimum atomic E-state index is -1.30. The molecule has 10 heteroatoms. The average molecular weight is 448 g/mol. The van der Waals surface area contributed by atoms with E-state index >= 15 is 0 Å². The van der Waals surface area contributed by atoms with Gasteiger partial charge >= 0.3 is 29.6 Å². The van der Waals surface area contributed by atoms with Crippen LogP contribution in [0.25, 0.3) is 11.1 Å². The molecule has 3 rings (SSSR count). The summed E-state index contributed by atoms with van der Waals surface area (Å²) in [6.07, 6.45) is 0. The van der Waals surface area contributed by atoms with Crippen molar-refractivity contribution in [3.05, 3.63) is 71.7 Å². The Labute approximate surface area is 206 Å². The van der Waals surface area contributed by atoms with Gasteiger partial charge in [0.1, 0.15) is 5.82 Å². The molecule has 0 aliphatic rings. The Balaban J connectivity index is 0.00000363. The van der Waals surface area contributed by atoms with Gasteiger partial charge in [-0.3, -0.25) is 10.3 Å². The second-order valence-electron chi connectivity index (χ2n) is 6.76. The number of halogens is 1. The number of aliphatic carboxylic acids is 1. The number of aliphatic imine (C=N–C) groups is 1. The van der Waals surface area contributed by atoms with Crippen molar-refractivity contribution in [2.45, 2.75) is 12.8 Å². The Bertz CT molecular complexity index is 1060. The van der Waals surface area contributed by atoms with Crippen LogP contribution in [-0.2, 0) is 9.53 Å². The van der Waals surface area contributed by atoms with Gasteiger partial charge in [0.2, 0.25) is 5.88 Å².